The van der Waals surface area contributed by atoms with E-state index in [2.05, 4.69) is 11.9 Å². The van der Waals surface area contributed by atoms with Gasteiger partial charge in [-0.05, 0) is 32.9 Å². The predicted octanol–water partition coefficient (Wildman–Crippen LogP) is 0.346. The lowest BCUT2D eigenvalue weighted by atomic mass is 10.1. The summed E-state index contributed by atoms with van der Waals surface area (Å²) >= 11 is 0. The Balaban J connectivity index is 2.20. The molecule has 1 saturated heterocycles. The van der Waals surface area contributed by atoms with Gasteiger partial charge < -0.3 is 10.6 Å². The molecule has 3 heteroatoms. The van der Waals surface area contributed by atoms with E-state index in [0.29, 0.717) is 12.5 Å². The third-order valence-corrected chi connectivity index (χ3v) is 2.40. The topological polar surface area (TPSA) is 46.3 Å². The second kappa shape index (κ2) is 3.72. The number of nitrogens with two attached hydrogens (primary N) is 1. The highest BCUT2D eigenvalue weighted by atomic mass is 16.1. The number of carbonyl (C=O) groups is 1. The Bertz CT molecular complexity index is 147. The molecule has 64 valence electrons. The van der Waals surface area contributed by atoms with Gasteiger partial charge in [-0.15, -0.1) is 0 Å². The fourth-order valence-electron chi connectivity index (χ4n) is 1.65. The molecule has 0 aromatic rings. The van der Waals surface area contributed by atoms with Crippen molar-refractivity contribution in [2.75, 3.05) is 13.6 Å². The van der Waals surface area contributed by atoms with Crippen LogP contribution in [0.15, 0.2) is 0 Å². The SMILES string of the molecule is CN1CCC[C@H]1CCC(N)=O. The largest absolute Gasteiger partial charge is 0.370 e. The van der Waals surface area contributed by atoms with Crippen molar-refractivity contribution in [3.8, 4) is 0 Å². The number of amides is 1. The molecule has 1 aliphatic heterocycles. The summed E-state index contributed by atoms with van der Waals surface area (Å²) in [5.41, 5.74) is 5.06. The van der Waals surface area contributed by atoms with Crippen LogP contribution in [0.3, 0.4) is 0 Å². The molecule has 1 fully saturated rings. The van der Waals surface area contributed by atoms with E-state index in [4.69, 9.17) is 5.73 Å². The van der Waals surface area contributed by atoms with Gasteiger partial charge in [0.05, 0.1) is 0 Å². The van der Waals surface area contributed by atoms with Crippen LogP contribution in [0.4, 0.5) is 0 Å². The quantitative estimate of drug-likeness (QED) is 0.640. The zero-order valence-corrected chi connectivity index (χ0v) is 7.05. The molecule has 11 heavy (non-hydrogen) atoms. The number of nitrogens with zero attached hydrogens (tertiary/aromatic N) is 1. The lowest BCUT2D eigenvalue weighted by molar-refractivity contribution is -0.118. The average molecular weight is 156 g/mol. The third-order valence-electron chi connectivity index (χ3n) is 2.40. The van der Waals surface area contributed by atoms with E-state index in [1.54, 1.807) is 0 Å². The van der Waals surface area contributed by atoms with E-state index >= 15 is 0 Å². The van der Waals surface area contributed by atoms with Gasteiger partial charge in [-0.1, -0.05) is 0 Å². The van der Waals surface area contributed by atoms with Gasteiger partial charge in [0.15, 0.2) is 0 Å². The first-order valence-corrected chi connectivity index (χ1v) is 4.18. The zero-order chi connectivity index (χ0) is 8.27. The van der Waals surface area contributed by atoms with E-state index in [0.717, 1.165) is 6.42 Å². The summed E-state index contributed by atoms with van der Waals surface area (Å²) in [6.45, 7) is 1.17. The van der Waals surface area contributed by atoms with Crippen LogP contribution in [-0.2, 0) is 4.79 Å². The van der Waals surface area contributed by atoms with Crippen molar-refractivity contribution in [1.29, 1.82) is 0 Å². The molecule has 0 saturated carbocycles. The maximum absolute atomic E-state index is 10.5. The van der Waals surface area contributed by atoms with Gasteiger partial charge in [-0.2, -0.15) is 0 Å². The normalized spacial score (nSPS) is 25.7. The molecular formula is C8H16N2O. The fourth-order valence-corrected chi connectivity index (χ4v) is 1.65. The van der Waals surface area contributed by atoms with Crippen LogP contribution in [0.25, 0.3) is 0 Å². The van der Waals surface area contributed by atoms with Gasteiger partial charge in [-0.25, -0.2) is 0 Å². The molecular weight excluding hydrogens is 140 g/mol. The number of likely N-dealkylation sites (tertiary alicyclic amines) is 1. The first-order chi connectivity index (χ1) is 5.20. The molecule has 1 heterocycles. The van der Waals surface area contributed by atoms with E-state index in [-0.39, 0.29) is 5.91 Å². The molecule has 0 aromatic carbocycles. The number of hydrogen-bond donors (Lipinski definition) is 1. The van der Waals surface area contributed by atoms with Gasteiger partial charge in [-0.3, -0.25) is 4.79 Å². The van der Waals surface area contributed by atoms with E-state index < -0.39 is 0 Å². The summed E-state index contributed by atoms with van der Waals surface area (Å²) in [5.74, 6) is -0.176. The molecule has 3 nitrogen and oxygen atoms in total. The Morgan fingerprint density at radius 3 is 2.91 bits per heavy atom. The number of carbonyl (C=O) groups excluding carboxylic acids is 1. The number of primary amides is 1. The molecule has 1 aliphatic rings. The fraction of sp³-hybridized carbons (Fsp3) is 0.875. The Hall–Kier alpha value is -0.570. The average Bonchev–Trinajstić information content (AvgIpc) is 2.31. The summed E-state index contributed by atoms with van der Waals surface area (Å²) in [7, 11) is 2.11. The Morgan fingerprint density at radius 2 is 2.45 bits per heavy atom. The van der Waals surface area contributed by atoms with Crippen molar-refractivity contribution in [2.45, 2.75) is 31.7 Å². The summed E-state index contributed by atoms with van der Waals surface area (Å²) in [6, 6.07) is 0.600. The molecule has 1 amide bonds. The summed E-state index contributed by atoms with van der Waals surface area (Å²) < 4.78 is 0. The van der Waals surface area contributed by atoms with Crippen molar-refractivity contribution in [3.63, 3.8) is 0 Å². The van der Waals surface area contributed by atoms with Crippen molar-refractivity contribution in [3.05, 3.63) is 0 Å². The van der Waals surface area contributed by atoms with E-state index in [9.17, 15) is 4.79 Å². The third kappa shape index (κ3) is 2.50. The van der Waals surface area contributed by atoms with Gasteiger partial charge in [0, 0.05) is 12.5 Å². The van der Waals surface area contributed by atoms with Crippen LogP contribution in [0.1, 0.15) is 25.7 Å². The minimum atomic E-state index is -0.176. The number of hydrogen-bond acceptors (Lipinski definition) is 2. The summed E-state index contributed by atoms with van der Waals surface area (Å²) in [6.07, 6.45) is 3.96. The highest BCUT2D eigenvalue weighted by Gasteiger charge is 2.20. The second-order valence-corrected chi connectivity index (χ2v) is 3.28. The van der Waals surface area contributed by atoms with Gasteiger partial charge in [0.25, 0.3) is 0 Å². The first kappa shape index (κ1) is 8.53. The molecule has 1 atom stereocenters. The monoisotopic (exact) mass is 156 g/mol. The van der Waals surface area contributed by atoms with Crippen LogP contribution >= 0.6 is 0 Å². The molecule has 0 spiro atoms. The Labute approximate surface area is 67.5 Å². The molecule has 1 rings (SSSR count). The Kier molecular flexibility index (Phi) is 2.88. The minimum absolute atomic E-state index is 0.176. The van der Waals surface area contributed by atoms with Gasteiger partial charge >= 0.3 is 0 Å². The predicted molar refractivity (Wildman–Crippen MR) is 44.1 cm³/mol. The van der Waals surface area contributed by atoms with Crippen molar-refractivity contribution < 1.29 is 4.79 Å². The first-order valence-electron chi connectivity index (χ1n) is 4.18. The van der Waals surface area contributed by atoms with Crippen molar-refractivity contribution in [2.24, 2.45) is 5.73 Å². The molecule has 0 bridgehead atoms. The lowest BCUT2D eigenvalue weighted by Gasteiger charge is -2.17. The van der Waals surface area contributed by atoms with E-state index in [1.807, 2.05) is 0 Å². The van der Waals surface area contributed by atoms with Gasteiger partial charge in [0.1, 0.15) is 0 Å². The maximum Gasteiger partial charge on any atom is 0.217 e. The molecule has 2 N–H and O–H groups in total. The van der Waals surface area contributed by atoms with E-state index in [1.165, 1.54) is 19.4 Å². The maximum atomic E-state index is 10.5. The molecule has 0 aliphatic carbocycles. The smallest absolute Gasteiger partial charge is 0.217 e. The second-order valence-electron chi connectivity index (χ2n) is 3.28. The summed E-state index contributed by atoms with van der Waals surface area (Å²) in [5, 5.41) is 0. The highest BCUT2D eigenvalue weighted by molar-refractivity contribution is 5.73. The van der Waals surface area contributed by atoms with Gasteiger partial charge in [0.2, 0.25) is 5.91 Å². The lowest BCUT2D eigenvalue weighted by Crippen LogP contribution is -2.26. The number of rotatable bonds is 3. The van der Waals surface area contributed by atoms with Crippen molar-refractivity contribution in [1.82, 2.24) is 4.90 Å². The molecule has 0 unspecified atom stereocenters. The Morgan fingerprint density at radius 1 is 1.73 bits per heavy atom. The van der Waals surface area contributed by atoms with Crippen LogP contribution in [-0.4, -0.2) is 30.4 Å². The molecule has 0 aromatic heterocycles. The van der Waals surface area contributed by atoms with Crippen LogP contribution in [0.2, 0.25) is 0 Å². The minimum Gasteiger partial charge on any atom is -0.370 e. The van der Waals surface area contributed by atoms with Crippen molar-refractivity contribution >= 4 is 5.91 Å². The summed E-state index contributed by atoms with van der Waals surface area (Å²) in [4.78, 5) is 12.8. The van der Waals surface area contributed by atoms with Crippen LogP contribution in [0, 0.1) is 0 Å². The van der Waals surface area contributed by atoms with Crippen LogP contribution < -0.4 is 5.73 Å². The zero-order valence-electron chi connectivity index (χ0n) is 7.05. The highest BCUT2D eigenvalue weighted by Crippen LogP contribution is 2.18. The van der Waals surface area contributed by atoms with Crippen LogP contribution in [0.5, 0.6) is 0 Å². The molecule has 0 radical (unpaired) electrons. The standard InChI is InChI=1S/C8H16N2O/c1-10-6-2-3-7(10)4-5-8(9)11/h7H,2-6H2,1H3,(H2,9,11)/t7-/m0/s1.